The van der Waals surface area contributed by atoms with Crippen molar-refractivity contribution in [3.05, 3.63) is 46.4 Å². The zero-order chi connectivity index (χ0) is 13.1. The average Bonchev–Trinajstić information content (AvgIpc) is 2.72. The third kappa shape index (κ3) is 2.27. The molecule has 0 amide bonds. The van der Waals surface area contributed by atoms with E-state index in [1.54, 1.807) is 31.2 Å². The van der Waals surface area contributed by atoms with Gasteiger partial charge >= 0.3 is 5.97 Å². The highest BCUT2D eigenvalue weighted by atomic mass is 16.5. The van der Waals surface area contributed by atoms with E-state index in [4.69, 9.17) is 10.5 Å². The highest BCUT2D eigenvalue weighted by molar-refractivity contribution is 5.87. The van der Waals surface area contributed by atoms with E-state index in [1.165, 1.54) is 10.7 Å². The Bertz CT molecular complexity index is 627. The van der Waals surface area contributed by atoms with Crippen LogP contribution in [0.4, 0.5) is 5.69 Å². The van der Waals surface area contributed by atoms with Gasteiger partial charge in [-0.2, -0.15) is 0 Å². The van der Waals surface area contributed by atoms with E-state index in [-0.39, 0.29) is 17.9 Å². The molecule has 94 valence electrons. The molecule has 1 aromatic heterocycles. The molecule has 3 N–H and O–H groups in total. The largest absolute Gasteiger partial charge is 0.461 e. The number of aromatic amines is 1. The highest BCUT2D eigenvalue weighted by Gasteiger charge is 2.12. The molecular weight excluding hydrogens is 234 g/mol. The quantitative estimate of drug-likeness (QED) is 0.623. The number of hydrogen-bond donors (Lipinski definition) is 2. The molecule has 0 spiro atoms. The fourth-order valence-electron chi connectivity index (χ4n) is 1.56. The minimum absolute atomic E-state index is 0.115. The van der Waals surface area contributed by atoms with Crippen molar-refractivity contribution in [3.8, 4) is 5.69 Å². The number of anilines is 1. The van der Waals surface area contributed by atoms with Crippen LogP contribution in [0.15, 0.2) is 35.1 Å². The number of nitrogens with two attached hydrogens (primary N) is 1. The SMILES string of the molecule is CCOC(=O)c1cc(=O)n(-c2cccc(N)c2)[nH]1. The number of esters is 1. The van der Waals surface area contributed by atoms with Crippen LogP contribution in [0, 0.1) is 0 Å². The van der Waals surface area contributed by atoms with Crippen LogP contribution in [-0.2, 0) is 4.74 Å². The molecule has 0 aliphatic heterocycles. The van der Waals surface area contributed by atoms with Crippen molar-refractivity contribution in [1.29, 1.82) is 0 Å². The molecule has 0 radical (unpaired) electrons. The summed E-state index contributed by atoms with van der Waals surface area (Å²) in [6.07, 6.45) is 0. The summed E-state index contributed by atoms with van der Waals surface area (Å²) in [4.78, 5) is 23.2. The number of rotatable bonds is 3. The molecule has 6 heteroatoms. The van der Waals surface area contributed by atoms with Crippen molar-refractivity contribution in [2.45, 2.75) is 6.92 Å². The van der Waals surface area contributed by atoms with Gasteiger partial charge in [0.25, 0.3) is 5.56 Å². The van der Waals surface area contributed by atoms with Gasteiger partial charge < -0.3 is 10.5 Å². The smallest absolute Gasteiger partial charge is 0.356 e. The maximum atomic E-state index is 11.7. The molecule has 6 nitrogen and oxygen atoms in total. The zero-order valence-electron chi connectivity index (χ0n) is 9.84. The number of nitrogens with one attached hydrogen (secondary N) is 1. The zero-order valence-corrected chi connectivity index (χ0v) is 9.84. The first kappa shape index (κ1) is 12.0. The number of aromatic nitrogens is 2. The molecular formula is C12H13N3O3. The van der Waals surface area contributed by atoms with Crippen LogP contribution in [0.1, 0.15) is 17.4 Å². The first-order valence-corrected chi connectivity index (χ1v) is 5.47. The average molecular weight is 247 g/mol. The van der Waals surface area contributed by atoms with Gasteiger partial charge in [-0.15, -0.1) is 0 Å². The minimum Gasteiger partial charge on any atom is -0.461 e. The van der Waals surface area contributed by atoms with Crippen molar-refractivity contribution >= 4 is 11.7 Å². The third-order valence-corrected chi connectivity index (χ3v) is 2.34. The van der Waals surface area contributed by atoms with Crippen molar-refractivity contribution in [2.24, 2.45) is 0 Å². The fraction of sp³-hybridized carbons (Fsp3) is 0.167. The highest BCUT2D eigenvalue weighted by Crippen LogP contribution is 2.09. The maximum absolute atomic E-state index is 11.7. The lowest BCUT2D eigenvalue weighted by atomic mass is 10.3. The van der Waals surface area contributed by atoms with Crippen LogP contribution in [0.3, 0.4) is 0 Å². The minimum atomic E-state index is -0.558. The lowest BCUT2D eigenvalue weighted by Crippen LogP contribution is -2.13. The Labute approximate surface area is 103 Å². The molecule has 0 aliphatic rings. The van der Waals surface area contributed by atoms with E-state index in [1.807, 2.05) is 0 Å². The summed E-state index contributed by atoms with van der Waals surface area (Å²) in [5.74, 6) is -0.558. The van der Waals surface area contributed by atoms with Crippen LogP contribution in [0.5, 0.6) is 0 Å². The van der Waals surface area contributed by atoms with Crippen molar-refractivity contribution < 1.29 is 9.53 Å². The first-order valence-electron chi connectivity index (χ1n) is 5.47. The molecule has 2 rings (SSSR count). The van der Waals surface area contributed by atoms with Gasteiger partial charge in [0.2, 0.25) is 0 Å². The molecule has 1 aromatic carbocycles. The number of nitrogens with zero attached hydrogens (tertiary/aromatic N) is 1. The van der Waals surface area contributed by atoms with Gasteiger partial charge in [-0.3, -0.25) is 9.89 Å². The Morgan fingerprint density at radius 1 is 1.44 bits per heavy atom. The van der Waals surface area contributed by atoms with Gasteiger partial charge in [0.1, 0.15) is 5.69 Å². The van der Waals surface area contributed by atoms with E-state index in [0.717, 1.165) is 0 Å². The molecule has 0 unspecified atom stereocenters. The second-order valence-electron chi connectivity index (χ2n) is 3.66. The molecule has 0 fully saturated rings. The summed E-state index contributed by atoms with van der Waals surface area (Å²) < 4.78 is 6.05. The van der Waals surface area contributed by atoms with Crippen LogP contribution < -0.4 is 11.3 Å². The Morgan fingerprint density at radius 3 is 2.89 bits per heavy atom. The van der Waals surface area contributed by atoms with Gasteiger partial charge in [0.15, 0.2) is 0 Å². The molecule has 0 aliphatic carbocycles. The maximum Gasteiger partial charge on any atom is 0.356 e. The van der Waals surface area contributed by atoms with Crippen LogP contribution >= 0.6 is 0 Å². The number of nitrogen functional groups attached to an aromatic ring is 1. The van der Waals surface area contributed by atoms with Crippen LogP contribution in [-0.4, -0.2) is 22.4 Å². The van der Waals surface area contributed by atoms with E-state index in [9.17, 15) is 9.59 Å². The van der Waals surface area contributed by atoms with Crippen LogP contribution in [0.2, 0.25) is 0 Å². The molecule has 2 aromatic rings. The van der Waals surface area contributed by atoms with E-state index in [0.29, 0.717) is 11.4 Å². The standard InChI is InChI=1S/C12H13N3O3/c1-2-18-12(17)10-7-11(16)15(14-10)9-5-3-4-8(13)6-9/h3-7,14H,2,13H2,1H3. The number of benzene rings is 1. The van der Waals surface area contributed by atoms with Gasteiger partial charge in [0, 0.05) is 11.8 Å². The summed E-state index contributed by atoms with van der Waals surface area (Å²) >= 11 is 0. The lowest BCUT2D eigenvalue weighted by Gasteiger charge is -2.03. The Balaban J connectivity index is 2.41. The molecule has 0 bridgehead atoms. The number of ether oxygens (including phenoxy) is 1. The second-order valence-corrected chi connectivity index (χ2v) is 3.66. The number of H-pyrrole nitrogens is 1. The summed E-state index contributed by atoms with van der Waals surface area (Å²) in [7, 11) is 0. The topological polar surface area (TPSA) is 90.1 Å². The summed E-state index contributed by atoms with van der Waals surface area (Å²) in [6.45, 7) is 1.95. The number of carbonyl (C=O) groups excluding carboxylic acids is 1. The molecule has 18 heavy (non-hydrogen) atoms. The third-order valence-electron chi connectivity index (χ3n) is 2.34. The fourth-order valence-corrected chi connectivity index (χ4v) is 1.56. The normalized spacial score (nSPS) is 10.3. The van der Waals surface area contributed by atoms with Gasteiger partial charge in [-0.05, 0) is 25.1 Å². The summed E-state index contributed by atoms with van der Waals surface area (Å²) in [5, 5.41) is 2.68. The van der Waals surface area contributed by atoms with E-state index in [2.05, 4.69) is 5.10 Å². The predicted molar refractivity (Wildman–Crippen MR) is 66.8 cm³/mol. The first-order chi connectivity index (χ1) is 8.61. The van der Waals surface area contributed by atoms with Gasteiger partial charge in [-0.25, -0.2) is 9.48 Å². The number of carbonyl (C=O) groups is 1. The Kier molecular flexibility index (Phi) is 3.18. The second kappa shape index (κ2) is 4.79. The van der Waals surface area contributed by atoms with Crippen LogP contribution in [0.25, 0.3) is 5.69 Å². The van der Waals surface area contributed by atoms with Gasteiger partial charge in [-0.1, -0.05) is 6.07 Å². The molecule has 1 heterocycles. The monoisotopic (exact) mass is 247 g/mol. The van der Waals surface area contributed by atoms with E-state index < -0.39 is 5.97 Å². The number of hydrogen-bond acceptors (Lipinski definition) is 4. The Morgan fingerprint density at radius 2 is 2.22 bits per heavy atom. The van der Waals surface area contributed by atoms with Gasteiger partial charge in [0.05, 0.1) is 12.3 Å². The summed E-state index contributed by atoms with van der Waals surface area (Å²) in [5.41, 5.74) is 6.51. The summed E-state index contributed by atoms with van der Waals surface area (Å²) in [6, 6.07) is 7.98. The Hall–Kier alpha value is -2.50. The predicted octanol–water partition coefficient (Wildman–Crippen LogP) is 0.925. The van der Waals surface area contributed by atoms with E-state index >= 15 is 0 Å². The van der Waals surface area contributed by atoms with Crippen molar-refractivity contribution in [3.63, 3.8) is 0 Å². The van der Waals surface area contributed by atoms with Crippen molar-refractivity contribution in [2.75, 3.05) is 12.3 Å². The molecule has 0 atom stereocenters. The molecule has 0 saturated heterocycles. The lowest BCUT2D eigenvalue weighted by molar-refractivity contribution is 0.0519. The molecule has 0 saturated carbocycles. The van der Waals surface area contributed by atoms with Crippen molar-refractivity contribution in [1.82, 2.24) is 9.78 Å².